The fourth-order valence-electron chi connectivity index (χ4n) is 1.99. The summed E-state index contributed by atoms with van der Waals surface area (Å²) >= 11 is 0. The summed E-state index contributed by atoms with van der Waals surface area (Å²) in [5.74, 6) is -0.844. The minimum absolute atomic E-state index is 0.209. The fraction of sp³-hybridized carbons (Fsp3) is 0.500. The average Bonchev–Trinajstić information content (AvgIpc) is 2.27. The Kier molecular flexibility index (Phi) is 4.73. The Labute approximate surface area is 107 Å². The van der Waals surface area contributed by atoms with Crippen LogP contribution in [-0.4, -0.2) is 28.9 Å². The molecule has 4 heteroatoms. The third-order valence-corrected chi connectivity index (χ3v) is 2.75. The molecule has 0 saturated heterocycles. The van der Waals surface area contributed by atoms with Crippen molar-refractivity contribution in [1.82, 2.24) is 0 Å². The van der Waals surface area contributed by atoms with Gasteiger partial charge in [-0.05, 0) is 38.3 Å². The number of rotatable bonds is 6. The molecule has 18 heavy (non-hydrogen) atoms. The van der Waals surface area contributed by atoms with Crippen LogP contribution < -0.4 is 4.74 Å². The number of carbonyl (C=O) groups is 1. The molecule has 0 heterocycles. The second-order valence-electron chi connectivity index (χ2n) is 5.07. The lowest BCUT2D eigenvalue weighted by Gasteiger charge is -2.22. The van der Waals surface area contributed by atoms with Crippen LogP contribution in [0.3, 0.4) is 0 Å². The van der Waals surface area contributed by atoms with Crippen molar-refractivity contribution < 1.29 is 19.7 Å². The van der Waals surface area contributed by atoms with Crippen LogP contribution in [0.15, 0.2) is 24.3 Å². The number of ether oxygens (including phenoxy) is 1. The van der Waals surface area contributed by atoms with E-state index >= 15 is 0 Å². The van der Waals surface area contributed by atoms with Crippen LogP contribution in [0.25, 0.3) is 0 Å². The first-order chi connectivity index (χ1) is 8.33. The van der Waals surface area contributed by atoms with Crippen molar-refractivity contribution >= 4 is 5.97 Å². The minimum atomic E-state index is -0.995. The van der Waals surface area contributed by atoms with E-state index in [1.54, 1.807) is 27.0 Å². The van der Waals surface area contributed by atoms with E-state index in [2.05, 4.69) is 0 Å². The molecule has 0 fully saturated rings. The molecule has 4 nitrogen and oxygen atoms in total. The number of carboxylic acids is 1. The van der Waals surface area contributed by atoms with Gasteiger partial charge in [0.25, 0.3) is 0 Å². The molecule has 0 bridgehead atoms. The van der Waals surface area contributed by atoms with E-state index in [1.165, 1.54) is 0 Å². The van der Waals surface area contributed by atoms with E-state index in [0.717, 1.165) is 5.56 Å². The maximum atomic E-state index is 11.2. The summed E-state index contributed by atoms with van der Waals surface area (Å²) in [5.41, 5.74) is -0.151. The Morgan fingerprint density at radius 3 is 2.50 bits per heavy atom. The highest BCUT2D eigenvalue weighted by Gasteiger charge is 2.26. The smallest absolute Gasteiger partial charge is 0.306 e. The maximum Gasteiger partial charge on any atom is 0.306 e. The van der Waals surface area contributed by atoms with E-state index in [9.17, 15) is 15.0 Å². The third kappa shape index (κ3) is 4.37. The van der Waals surface area contributed by atoms with Gasteiger partial charge in [-0.1, -0.05) is 18.2 Å². The first-order valence-electron chi connectivity index (χ1n) is 5.90. The molecule has 1 aromatic carbocycles. The number of para-hydroxylation sites is 1. The van der Waals surface area contributed by atoms with Crippen molar-refractivity contribution in [1.29, 1.82) is 0 Å². The number of methoxy groups -OCH3 is 1. The SMILES string of the molecule is COc1ccccc1CC(CC(C)(C)O)C(=O)O. The molecule has 1 atom stereocenters. The van der Waals surface area contributed by atoms with Crippen molar-refractivity contribution in [3.8, 4) is 5.75 Å². The van der Waals surface area contributed by atoms with Gasteiger partial charge in [-0.15, -0.1) is 0 Å². The lowest BCUT2D eigenvalue weighted by atomic mass is 9.88. The van der Waals surface area contributed by atoms with Gasteiger partial charge in [-0.2, -0.15) is 0 Å². The molecular weight excluding hydrogens is 232 g/mol. The highest BCUT2D eigenvalue weighted by molar-refractivity contribution is 5.70. The zero-order chi connectivity index (χ0) is 13.8. The van der Waals surface area contributed by atoms with Gasteiger partial charge in [0.05, 0.1) is 18.6 Å². The van der Waals surface area contributed by atoms with Gasteiger partial charge in [-0.25, -0.2) is 0 Å². The third-order valence-electron chi connectivity index (χ3n) is 2.75. The molecule has 0 aliphatic heterocycles. The Bertz CT molecular complexity index is 407. The normalized spacial score (nSPS) is 13.1. The molecule has 0 amide bonds. The standard InChI is InChI=1S/C14H20O4/c1-14(2,17)9-11(13(15)16)8-10-6-4-5-7-12(10)18-3/h4-7,11,17H,8-9H2,1-3H3,(H,15,16). The summed E-state index contributed by atoms with van der Waals surface area (Å²) in [6.45, 7) is 3.23. The summed E-state index contributed by atoms with van der Waals surface area (Å²) in [5, 5.41) is 19.0. The summed E-state index contributed by atoms with van der Waals surface area (Å²) in [6.07, 6.45) is 0.559. The summed E-state index contributed by atoms with van der Waals surface area (Å²) in [7, 11) is 1.56. The number of aliphatic hydroxyl groups is 1. The molecule has 100 valence electrons. The molecular formula is C14H20O4. The van der Waals surface area contributed by atoms with Crippen LogP contribution in [-0.2, 0) is 11.2 Å². The van der Waals surface area contributed by atoms with Crippen molar-refractivity contribution in [2.24, 2.45) is 5.92 Å². The molecule has 0 aliphatic rings. The second-order valence-corrected chi connectivity index (χ2v) is 5.07. The summed E-state index contributed by atoms with van der Waals surface area (Å²) in [4.78, 5) is 11.2. The van der Waals surface area contributed by atoms with Gasteiger partial charge in [0.2, 0.25) is 0 Å². The molecule has 1 rings (SSSR count). The molecule has 0 radical (unpaired) electrons. The van der Waals surface area contributed by atoms with Crippen molar-refractivity contribution in [3.63, 3.8) is 0 Å². The van der Waals surface area contributed by atoms with E-state index in [0.29, 0.717) is 12.2 Å². The van der Waals surface area contributed by atoms with E-state index < -0.39 is 17.5 Å². The lowest BCUT2D eigenvalue weighted by Crippen LogP contribution is -2.29. The van der Waals surface area contributed by atoms with Crippen LogP contribution in [0.5, 0.6) is 5.75 Å². The molecule has 0 aliphatic carbocycles. The zero-order valence-corrected chi connectivity index (χ0v) is 11.0. The van der Waals surface area contributed by atoms with Gasteiger partial charge in [0.15, 0.2) is 0 Å². The predicted molar refractivity (Wildman–Crippen MR) is 68.7 cm³/mol. The number of carboxylic acid groups (broad SMARTS) is 1. The van der Waals surface area contributed by atoms with E-state index in [4.69, 9.17) is 4.74 Å². The zero-order valence-electron chi connectivity index (χ0n) is 11.0. The van der Waals surface area contributed by atoms with Gasteiger partial charge >= 0.3 is 5.97 Å². The highest BCUT2D eigenvalue weighted by atomic mass is 16.5. The quantitative estimate of drug-likeness (QED) is 0.813. The molecule has 0 saturated carbocycles. The monoisotopic (exact) mass is 252 g/mol. The summed E-state index contributed by atoms with van der Waals surface area (Å²) in [6, 6.07) is 7.34. The van der Waals surface area contributed by atoms with Gasteiger partial charge in [0, 0.05) is 0 Å². The first-order valence-corrected chi connectivity index (χ1v) is 5.90. The van der Waals surface area contributed by atoms with Crippen LogP contribution >= 0.6 is 0 Å². The summed E-state index contributed by atoms with van der Waals surface area (Å²) < 4.78 is 5.20. The van der Waals surface area contributed by atoms with Crippen molar-refractivity contribution in [3.05, 3.63) is 29.8 Å². The molecule has 0 aromatic heterocycles. The Morgan fingerprint density at radius 1 is 1.39 bits per heavy atom. The molecule has 0 spiro atoms. The molecule has 2 N–H and O–H groups in total. The number of hydrogen-bond donors (Lipinski definition) is 2. The van der Waals surface area contributed by atoms with Crippen LogP contribution in [0.1, 0.15) is 25.8 Å². The lowest BCUT2D eigenvalue weighted by molar-refractivity contribution is -0.143. The van der Waals surface area contributed by atoms with E-state index in [-0.39, 0.29) is 6.42 Å². The van der Waals surface area contributed by atoms with Crippen LogP contribution in [0.4, 0.5) is 0 Å². The largest absolute Gasteiger partial charge is 0.496 e. The average molecular weight is 252 g/mol. The highest BCUT2D eigenvalue weighted by Crippen LogP contribution is 2.25. The van der Waals surface area contributed by atoms with Gasteiger partial charge < -0.3 is 14.9 Å². The topological polar surface area (TPSA) is 66.8 Å². The molecule has 1 unspecified atom stereocenters. The number of benzene rings is 1. The molecule has 1 aromatic rings. The van der Waals surface area contributed by atoms with Crippen LogP contribution in [0.2, 0.25) is 0 Å². The Balaban J connectivity index is 2.87. The van der Waals surface area contributed by atoms with Crippen molar-refractivity contribution in [2.45, 2.75) is 32.3 Å². The number of hydrogen-bond acceptors (Lipinski definition) is 3. The first kappa shape index (κ1) is 14.5. The van der Waals surface area contributed by atoms with Crippen molar-refractivity contribution in [2.75, 3.05) is 7.11 Å². The van der Waals surface area contributed by atoms with Gasteiger partial charge in [-0.3, -0.25) is 4.79 Å². The van der Waals surface area contributed by atoms with E-state index in [1.807, 2.05) is 18.2 Å². The van der Waals surface area contributed by atoms with Gasteiger partial charge in [0.1, 0.15) is 5.75 Å². The van der Waals surface area contributed by atoms with Crippen LogP contribution in [0, 0.1) is 5.92 Å². The Morgan fingerprint density at radius 2 is 2.00 bits per heavy atom. The second kappa shape index (κ2) is 5.87. The maximum absolute atomic E-state index is 11.2. The number of aliphatic carboxylic acids is 1. The Hall–Kier alpha value is -1.55. The predicted octanol–water partition coefficient (Wildman–Crippen LogP) is 2.10. The minimum Gasteiger partial charge on any atom is -0.496 e. The fourth-order valence-corrected chi connectivity index (χ4v) is 1.99.